The highest BCUT2D eigenvalue weighted by atomic mass is 16.3. The number of rotatable bonds is 5. The Kier molecular flexibility index (Phi) is 4.63. The molecule has 0 aliphatic rings. The minimum absolute atomic E-state index is 0.247. The summed E-state index contributed by atoms with van der Waals surface area (Å²) in [6, 6.07) is 17.9. The molecule has 0 aliphatic heterocycles. The molecule has 1 aromatic heterocycles. The minimum Gasteiger partial charge on any atom is -0.372 e. The topological polar surface area (TPSA) is 71.2 Å². The van der Waals surface area contributed by atoms with Gasteiger partial charge < -0.3 is 10.0 Å². The van der Waals surface area contributed by atoms with Crippen LogP contribution in [-0.2, 0) is 24.0 Å². The number of hydrogen-bond acceptors (Lipinski definition) is 4. The van der Waals surface area contributed by atoms with Gasteiger partial charge in [0.05, 0.1) is 6.54 Å². The van der Waals surface area contributed by atoms with Crippen LogP contribution in [0.25, 0.3) is 0 Å². The highest BCUT2D eigenvalue weighted by Gasteiger charge is 2.41. The predicted octanol–water partition coefficient (Wildman–Crippen LogP) is 1.71. The second-order valence-corrected chi connectivity index (χ2v) is 5.90. The molecule has 1 amide bonds. The van der Waals surface area contributed by atoms with Crippen molar-refractivity contribution in [2.75, 3.05) is 7.05 Å². The SMILES string of the molecule is CN(Cc1ncnn1C)C(=O)C(O)(c1ccccc1)c1ccccc1. The van der Waals surface area contributed by atoms with Crippen molar-refractivity contribution in [3.8, 4) is 0 Å². The average molecular weight is 336 g/mol. The summed E-state index contributed by atoms with van der Waals surface area (Å²) in [4.78, 5) is 18.8. The van der Waals surface area contributed by atoms with Crippen molar-refractivity contribution in [2.24, 2.45) is 7.05 Å². The molecule has 25 heavy (non-hydrogen) atoms. The maximum absolute atomic E-state index is 13.2. The summed E-state index contributed by atoms with van der Waals surface area (Å²) in [6.45, 7) is 0.247. The fourth-order valence-corrected chi connectivity index (χ4v) is 2.80. The van der Waals surface area contributed by atoms with Crippen molar-refractivity contribution >= 4 is 5.91 Å². The van der Waals surface area contributed by atoms with Gasteiger partial charge in [-0.25, -0.2) is 4.98 Å². The number of aromatic nitrogens is 3. The van der Waals surface area contributed by atoms with Crippen LogP contribution in [0.5, 0.6) is 0 Å². The molecule has 1 N–H and O–H groups in total. The second kappa shape index (κ2) is 6.86. The summed E-state index contributed by atoms with van der Waals surface area (Å²) >= 11 is 0. The Morgan fingerprint density at radius 3 is 2.04 bits per heavy atom. The predicted molar refractivity (Wildman–Crippen MR) is 93.4 cm³/mol. The van der Waals surface area contributed by atoms with Gasteiger partial charge in [0.2, 0.25) is 0 Å². The zero-order chi connectivity index (χ0) is 17.9. The number of aryl methyl sites for hydroxylation is 1. The van der Waals surface area contributed by atoms with Crippen molar-refractivity contribution in [1.82, 2.24) is 19.7 Å². The molecule has 6 heteroatoms. The standard InChI is InChI=1S/C19H20N4O2/c1-22(13-17-20-14-21-23(17)2)18(24)19(25,15-9-5-3-6-10-15)16-11-7-4-8-12-16/h3-12,14,25H,13H2,1-2H3. The normalized spacial score (nSPS) is 11.3. The number of aliphatic hydroxyl groups is 1. The fourth-order valence-electron chi connectivity index (χ4n) is 2.80. The number of amides is 1. The molecular weight excluding hydrogens is 316 g/mol. The highest BCUT2D eigenvalue weighted by Crippen LogP contribution is 2.31. The van der Waals surface area contributed by atoms with Gasteiger partial charge >= 0.3 is 0 Å². The fraction of sp³-hybridized carbons (Fsp3) is 0.211. The zero-order valence-electron chi connectivity index (χ0n) is 14.2. The number of nitrogens with zero attached hydrogens (tertiary/aromatic N) is 4. The molecule has 3 aromatic rings. The Balaban J connectivity index is 2.00. The van der Waals surface area contributed by atoms with E-state index in [-0.39, 0.29) is 6.54 Å². The molecule has 0 atom stereocenters. The van der Waals surface area contributed by atoms with E-state index in [0.717, 1.165) is 0 Å². The molecule has 6 nitrogen and oxygen atoms in total. The Hall–Kier alpha value is -2.99. The largest absolute Gasteiger partial charge is 0.372 e. The van der Waals surface area contributed by atoms with Gasteiger partial charge in [-0.2, -0.15) is 5.10 Å². The summed E-state index contributed by atoms with van der Waals surface area (Å²) in [5.74, 6) is 0.215. The van der Waals surface area contributed by atoms with Crippen LogP contribution in [-0.4, -0.2) is 37.7 Å². The lowest BCUT2D eigenvalue weighted by Gasteiger charge is -2.32. The smallest absolute Gasteiger partial charge is 0.264 e. The van der Waals surface area contributed by atoms with Crippen molar-refractivity contribution in [3.63, 3.8) is 0 Å². The van der Waals surface area contributed by atoms with Crippen LogP contribution < -0.4 is 0 Å². The van der Waals surface area contributed by atoms with E-state index >= 15 is 0 Å². The summed E-state index contributed by atoms with van der Waals surface area (Å²) in [5, 5.41) is 15.5. The quantitative estimate of drug-likeness (QED) is 0.770. The molecule has 0 radical (unpaired) electrons. The van der Waals surface area contributed by atoms with E-state index in [1.165, 1.54) is 11.2 Å². The van der Waals surface area contributed by atoms with Crippen LogP contribution in [0.4, 0.5) is 0 Å². The van der Waals surface area contributed by atoms with E-state index in [4.69, 9.17) is 0 Å². The number of carbonyl (C=O) groups excluding carboxylic acids is 1. The lowest BCUT2D eigenvalue weighted by atomic mass is 9.85. The van der Waals surface area contributed by atoms with Gasteiger partial charge in [-0.3, -0.25) is 9.48 Å². The minimum atomic E-state index is -1.77. The molecule has 128 valence electrons. The van der Waals surface area contributed by atoms with Crippen molar-refractivity contribution in [3.05, 3.63) is 83.9 Å². The maximum atomic E-state index is 13.2. The summed E-state index contributed by atoms with van der Waals surface area (Å²) in [7, 11) is 3.41. The third kappa shape index (κ3) is 3.16. The van der Waals surface area contributed by atoms with Crippen LogP contribution in [0.2, 0.25) is 0 Å². The van der Waals surface area contributed by atoms with Gasteiger partial charge in [-0.1, -0.05) is 60.7 Å². The number of carbonyl (C=O) groups is 1. The second-order valence-electron chi connectivity index (χ2n) is 5.90. The first-order valence-corrected chi connectivity index (χ1v) is 7.95. The Bertz CT molecular complexity index is 807. The van der Waals surface area contributed by atoms with Gasteiger partial charge in [0.15, 0.2) is 5.60 Å². The number of hydrogen-bond donors (Lipinski definition) is 1. The van der Waals surface area contributed by atoms with Gasteiger partial charge in [-0.05, 0) is 11.1 Å². The lowest BCUT2D eigenvalue weighted by molar-refractivity contribution is -0.147. The molecule has 0 spiro atoms. The Labute approximate surface area is 146 Å². The van der Waals surface area contributed by atoms with Gasteiger partial charge in [0.25, 0.3) is 5.91 Å². The van der Waals surface area contributed by atoms with Crippen LogP contribution in [0.15, 0.2) is 67.0 Å². The first-order valence-electron chi connectivity index (χ1n) is 7.95. The molecule has 3 rings (SSSR count). The first-order chi connectivity index (χ1) is 12.0. The Morgan fingerprint density at radius 2 is 1.60 bits per heavy atom. The third-order valence-corrected chi connectivity index (χ3v) is 4.22. The Morgan fingerprint density at radius 1 is 1.08 bits per heavy atom. The van der Waals surface area contributed by atoms with Crippen molar-refractivity contribution < 1.29 is 9.90 Å². The molecular formula is C19H20N4O2. The molecule has 0 unspecified atom stereocenters. The van der Waals surface area contributed by atoms with Crippen molar-refractivity contribution in [1.29, 1.82) is 0 Å². The molecule has 0 fully saturated rings. The lowest BCUT2D eigenvalue weighted by Crippen LogP contribution is -2.46. The molecule has 0 saturated carbocycles. The molecule has 2 aromatic carbocycles. The van der Waals surface area contributed by atoms with E-state index < -0.39 is 11.5 Å². The van der Waals surface area contributed by atoms with Crippen LogP contribution in [0.1, 0.15) is 17.0 Å². The summed E-state index contributed by atoms with van der Waals surface area (Å²) in [6.07, 6.45) is 1.44. The van der Waals surface area contributed by atoms with E-state index in [0.29, 0.717) is 17.0 Å². The van der Waals surface area contributed by atoms with Gasteiger partial charge in [0.1, 0.15) is 12.2 Å². The van der Waals surface area contributed by atoms with Crippen LogP contribution in [0, 0.1) is 0 Å². The van der Waals surface area contributed by atoms with E-state index in [9.17, 15) is 9.90 Å². The van der Waals surface area contributed by atoms with E-state index in [1.54, 1.807) is 67.3 Å². The molecule has 1 heterocycles. The third-order valence-electron chi connectivity index (χ3n) is 4.22. The first kappa shape index (κ1) is 16.9. The molecule has 0 aliphatic carbocycles. The van der Waals surface area contributed by atoms with Crippen LogP contribution >= 0.6 is 0 Å². The van der Waals surface area contributed by atoms with Crippen molar-refractivity contribution in [2.45, 2.75) is 12.1 Å². The van der Waals surface area contributed by atoms with Gasteiger partial charge in [0, 0.05) is 14.1 Å². The summed E-state index contributed by atoms with van der Waals surface area (Å²) < 4.78 is 1.61. The van der Waals surface area contributed by atoms with Gasteiger partial charge in [-0.15, -0.1) is 0 Å². The van der Waals surface area contributed by atoms with E-state index in [2.05, 4.69) is 10.1 Å². The average Bonchev–Trinajstić information content (AvgIpc) is 3.06. The van der Waals surface area contributed by atoms with Crippen LogP contribution in [0.3, 0.4) is 0 Å². The zero-order valence-corrected chi connectivity index (χ0v) is 14.2. The monoisotopic (exact) mass is 336 g/mol. The summed E-state index contributed by atoms with van der Waals surface area (Å²) in [5.41, 5.74) is -0.720. The maximum Gasteiger partial charge on any atom is 0.264 e. The number of likely N-dealkylation sites (N-methyl/N-ethyl adjacent to an activating group) is 1. The number of benzene rings is 2. The molecule has 0 saturated heterocycles. The molecule has 0 bridgehead atoms. The highest BCUT2D eigenvalue weighted by molar-refractivity contribution is 5.89. The van der Waals surface area contributed by atoms with E-state index in [1.807, 2.05) is 12.1 Å².